The van der Waals surface area contributed by atoms with Crippen molar-refractivity contribution in [3.8, 4) is 0 Å². The number of halogens is 1. The van der Waals surface area contributed by atoms with Gasteiger partial charge in [0, 0.05) is 23.0 Å². The number of hydrogen-bond donors (Lipinski definition) is 1. The standard InChI is InChI=1S/C18H22ClNO4/c1-12(18(23)20-15-4-2-3-5-15)24-17(22)11-10-16(21)13-6-8-14(19)9-7-13/h6-9,12,15H,2-5,10-11H2,1H3,(H,20,23)/t12-/m0/s1. The van der Waals surface area contributed by atoms with Gasteiger partial charge in [0.25, 0.3) is 5.91 Å². The summed E-state index contributed by atoms with van der Waals surface area (Å²) < 4.78 is 5.10. The van der Waals surface area contributed by atoms with Gasteiger partial charge in [-0.25, -0.2) is 0 Å². The molecule has 1 N–H and O–H groups in total. The lowest BCUT2D eigenvalue weighted by Crippen LogP contribution is -2.40. The number of carbonyl (C=O) groups excluding carboxylic acids is 3. The highest BCUT2D eigenvalue weighted by atomic mass is 35.5. The van der Waals surface area contributed by atoms with Gasteiger partial charge in [0.1, 0.15) is 0 Å². The summed E-state index contributed by atoms with van der Waals surface area (Å²) in [6.07, 6.45) is 3.32. The van der Waals surface area contributed by atoms with Gasteiger partial charge in [-0.3, -0.25) is 14.4 Å². The van der Waals surface area contributed by atoms with Crippen LogP contribution < -0.4 is 5.32 Å². The first-order valence-corrected chi connectivity index (χ1v) is 8.62. The predicted molar refractivity (Wildman–Crippen MR) is 91.0 cm³/mol. The fraction of sp³-hybridized carbons (Fsp3) is 0.500. The van der Waals surface area contributed by atoms with Crippen molar-refractivity contribution in [1.29, 1.82) is 0 Å². The van der Waals surface area contributed by atoms with Gasteiger partial charge in [-0.15, -0.1) is 0 Å². The fourth-order valence-corrected chi connectivity index (χ4v) is 2.82. The number of Topliss-reactive ketones (excluding diaryl/α,β-unsaturated/α-hetero) is 1. The molecule has 24 heavy (non-hydrogen) atoms. The third-order valence-electron chi connectivity index (χ3n) is 4.10. The molecule has 0 spiro atoms. The molecule has 0 heterocycles. The molecular weight excluding hydrogens is 330 g/mol. The summed E-state index contributed by atoms with van der Waals surface area (Å²) in [6.45, 7) is 1.54. The van der Waals surface area contributed by atoms with E-state index in [9.17, 15) is 14.4 Å². The molecule has 1 aliphatic rings. The van der Waals surface area contributed by atoms with E-state index in [2.05, 4.69) is 5.32 Å². The number of amides is 1. The Morgan fingerprint density at radius 3 is 2.42 bits per heavy atom. The van der Waals surface area contributed by atoms with Gasteiger partial charge in [-0.05, 0) is 44.0 Å². The summed E-state index contributed by atoms with van der Waals surface area (Å²) >= 11 is 5.77. The minimum absolute atomic E-state index is 0.0391. The number of rotatable bonds is 7. The number of esters is 1. The van der Waals surface area contributed by atoms with Crippen LogP contribution in [0.5, 0.6) is 0 Å². The Morgan fingerprint density at radius 1 is 1.17 bits per heavy atom. The zero-order valence-electron chi connectivity index (χ0n) is 13.7. The molecule has 1 fully saturated rings. The zero-order valence-corrected chi connectivity index (χ0v) is 14.5. The topological polar surface area (TPSA) is 72.5 Å². The van der Waals surface area contributed by atoms with Gasteiger partial charge >= 0.3 is 5.97 Å². The number of carbonyl (C=O) groups is 3. The SMILES string of the molecule is C[C@H](OC(=O)CCC(=O)c1ccc(Cl)cc1)C(=O)NC1CCCC1. The van der Waals surface area contributed by atoms with E-state index in [1.807, 2.05) is 0 Å². The Balaban J connectivity index is 1.72. The van der Waals surface area contributed by atoms with Gasteiger partial charge in [0.05, 0.1) is 6.42 Å². The lowest BCUT2D eigenvalue weighted by Gasteiger charge is -2.17. The smallest absolute Gasteiger partial charge is 0.307 e. The highest BCUT2D eigenvalue weighted by Gasteiger charge is 2.23. The summed E-state index contributed by atoms with van der Waals surface area (Å²) in [7, 11) is 0. The molecule has 1 aromatic rings. The Bertz CT molecular complexity index is 594. The molecule has 1 saturated carbocycles. The average Bonchev–Trinajstić information content (AvgIpc) is 3.06. The molecule has 1 amide bonds. The summed E-state index contributed by atoms with van der Waals surface area (Å²) in [5.41, 5.74) is 0.499. The van der Waals surface area contributed by atoms with Crippen LogP contribution in [-0.2, 0) is 14.3 Å². The molecule has 130 valence electrons. The van der Waals surface area contributed by atoms with Crippen molar-refractivity contribution in [2.45, 2.75) is 57.6 Å². The van der Waals surface area contributed by atoms with Crippen LogP contribution >= 0.6 is 11.6 Å². The minimum atomic E-state index is -0.844. The van der Waals surface area contributed by atoms with E-state index in [1.54, 1.807) is 31.2 Å². The van der Waals surface area contributed by atoms with Crippen molar-refractivity contribution in [1.82, 2.24) is 5.32 Å². The summed E-state index contributed by atoms with van der Waals surface area (Å²) in [5.74, 6) is -0.989. The molecule has 6 heteroatoms. The Kier molecular flexibility index (Phi) is 6.79. The van der Waals surface area contributed by atoms with Crippen molar-refractivity contribution in [3.63, 3.8) is 0 Å². The summed E-state index contributed by atoms with van der Waals surface area (Å²) in [4.78, 5) is 35.7. The normalized spacial score (nSPS) is 15.8. The van der Waals surface area contributed by atoms with Crippen LogP contribution in [0.2, 0.25) is 5.02 Å². The van der Waals surface area contributed by atoms with E-state index in [4.69, 9.17) is 16.3 Å². The van der Waals surface area contributed by atoms with Crippen LogP contribution in [0.15, 0.2) is 24.3 Å². The highest BCUT2D eigenvalue weighted by molar-refractivity contribution is 6.30. The first kappa shape index (κ1) is 18.5. The van der Waals surface area contributed by atoms with Crippen LogP contribution in [0.1, 0.15) is 55.8 Å². The van der Waals surface area contributed by atoms with Crippen LogP contribution in [0.4, 0.5) is 0 Å². The maximum Gasteiger partial charge on any atom is 0.307 e. The average molecular weight is 352 g/mol. The lowest BCUT2D eigenvalue weighted by atomic mass is 10.1. The third kappa shape index (κ3) is 5.64. The second-order valence-corrected chi connectivity index (χ2v) is 6.49. The number of ketones is 1. The molecule has 1 aromatic carbocycles. The largest absolute Gasteiger partial charge is 0.453 e. The lowest BCUT2D eigenvalue weighted by molar-refractivity contribution is -0.155. The van der Waals surface area contributed by atoms with E-state index in [0.29, 0.717) is 10.6 Å². The molecule has 5 nitrogen and oxygen atoms in total. The van der Waals surface area contributed by atoms with Crippen molar-refractivity contribution in [2.75, 3.05) is 0 Å². The first-order chi connectivity index (χ1) is 11.5. The van der Waals surface area contributed by atoms with E-state index in [1.165, 1.54) is 0 Å². The van der Waals surface area contributed by atoms with Gasteiger partial charge in [0.15, 0.2) is 11.9 Å². The Hall–Kier alpha value is -1.88. The summed E-state index contributed by atoms with van der Waals surface area (Å²) in [5, 5.41) is 3.43. The maximum absolute atomic E-state index is 12.0. The monoisotopic (exact) mass is 351 g/mol. The fourth-order valence-electron chi connectivity index (χ4n) is 2.69. The van der Waals surface area contributed by atoms with E-state index in [0.717, 1.165) is 25.7 Å². The second kappa shape index (κ2) is 8.83. The first-order valence-electron chi connectivity index (χ1n) is 8.24. The number of benzene rings is 1. The van der Waals surface area contributed by atoms with Crippen molar-refractivity contribution in [3.05, 3.63) is 34.9 Å². The van der Waals surface area contributed by atoms with Gasteiger partial charge < -0.3 is 10.1 Å². The zero-order chi connectivity index (χ0) is 17.5. The molecule has 2 rings (SSSR count). The molecule has 0 aromatic heterocycles. The Morgan fingerprint density at radius 2 is 1.79 bits per heavy atom. The molecular formula is C18H22ClNO4. The van der Waals surface area contributed by atoms with Crippen LogP contribution in [0, 0.1) is 0 Å². The molecule has 0 radical (unpaired) electrons. The third-order valence-corrected chi connectivity index (χ3v) is 4.35. The van der Waals surface area contributed by atoms with E-state index >= 15 is 0 Å². The van der Waals surface area contributed by atoms with E-state index in [-0.39, 0.29) is 30.6 Å². The predicted octanol–water partition coefficient (Wildman–Crippen LogP) is 3.29. The minimum Gasteiger partial charge on any atom is -0.453 e. The second-order valence-electron chi connectivity index (χ2n) is 6.05. The van der Waals surface area contributed by atoms with Gasteiger partial charge in [-0.1, -0.05) is 24.4 Å². The van der Waals surface area contributed by atoms with E-state index < -0.39 is 12.1 Å². The van der Waals surface area contributed by atoms with Gasteiger partial charge in [0.2, 0.25) is 0 Å². The van der Waals surface area contributed by atoms with Crippen molar-refractivity contribution in [2.24, 2.45) is 0 Å². The molecule has 0 bridgehead atoms. The number of ether oxygens (including phenoxy) is 1. The molecule has 0 unspecified atom stereocenters. The van der Waals surface area contributed by atoms with Crippen molar-refractivity contribution >= 4 is 29.3 Å². The van der Waals surface area contributed by atoms with Crippen LogP contribution in [0.25, 0.3) is 0 Å². The van der Waals surface area contributed by atoms with Crippen LogP contribution in [-0.4, -0.2) is 29.8 Å². The van der Waals surface area contributed by atoms with Crippen LogP contribution in [0.3, 0.4) is 0 Å². The Labute approximate surface area is 146 Å². The highest BCUT2D eigenvalue weighted by Crippen LogP contribution is 2.18. The maximum atomic E-state index is 12.0. The van der Waals surface area contributed by atoms with Crippen molar-refractivity contribution < 1.29 is 19.1 Å². The molecule has 0 saturated heterocycles. The molecule has 0 aliphatic heterocycles. The molecule has 1 atom stereocenters. The quantitative estimate of drug-likeness (QED) is 0.604. The number of hydrogen-bond acceptors (Lipinski definition) is 4. The molecule has 1 aliphatic carbocycles. The summed E-state index contributed by atoms with van der Waals surface area (Å²) in [6, 6.07) is 6.68. The number of nitrogens with one attached hydrogen (secondary N) is 1. The van der Waals surface area contributed by atoms with Gasteiger partial charge in [-0.2, -0.15) is 0 Å².